The summed E-state index contributed by atoms with van der Waals surface area (Å²) < 4.78 is 4.63. The van der Waals surface area contributed by atoms with E-state index in [-0.39, 0.29) is 34.4 Å². The monoisotopic (exact) mass is 418 g/mol. The smallest absolute Gasteiger partial charge is 0.337 e. The molecule has 148 valence electrons. The number of aliphatic hydroxyl groups is 2. The van der Waals surface area contributed by atoms with Crippen LogP contribution in [0.5, 0.6) is 0 Å². The van der Waals surface area contributed by atoms with Gasteiger partial charge in [0.2, 0.25) is 0 Å². The highest BCUT2D eigenvalue weighted by atomic mass is 35.5. The Kier molecular flexibility index (Phi) is 13.8. The van der Waals surface area contributed by atoms with E-state index in [0.717, 1.165) is 0 Å². The molecule has 27 heavy (non-hydrogen) atoms. The molecule has 0 saturated carbocycles. The van der Waals surface area contributed by atoms with E-state index >= 15 is 0 Å². The molecule has 0 amide bonds. The molecule has 0 heterocycles. The maximum Gasteiger partial charge on any atom is 0.337 e. The first-order chi connectivity index (χ1) is 12.8. The van der Waals surface area contributed by atoms with Gasteiger partial charge < -0.3 is 25.2 Å². The van der Waals surface area contributed by atoms with E-state index in [1.165, 1.54) is 12.1 Å². The van der Waals surface area contributed by atoms with Crippen molar-refractivity contribution in [3.8, 4) is 0 Å². The zero-order valence-corrected chi connectivity index (χ0v) is 15.7. The number of hydrogen-bond donors (Lipinski definition) is 4. The summed E-state index contributed by atoms with van der Waals surface area (Å²) >= 11 is 11.1. The highest BCUT2D eigenvalue weighted by Crippen LogP contribution is 2.14. The van der Waals surface area contributed by atoms with Crippen LogP contribution in [0.25, 0.3) is 0 Å². The van der Waals surface area contributed by atoms with Crippen LogP contribution in [-0.4, -0.2) is 58.8 Å². The minimum atomic E-state index is -0.995. The van der Waals surface area contributed by atoms with E-state index in [4.69, 9.17) is 43.6 Å². The van der Waals surface area contributed by atoms with Crippen LogP contribution in [0.2, 0.25) is 10.0 Å². The Morgan fingerprint density at radius 2 is 1.07 bits per heavy atom. The summed E-state index contributed by atoms with van der Waals surface area (Å²) in [6.45, 7) is 0.696. The second kappa shape index (κ2) is 15.0. The Balaban J connectivity index is 0.000000384. The van der Waals surface area contributed by atoms with Crippen molar-refractivity contribution < 1.29 is 34.8 Å². The molecule has 2 rings (SSSR count). The number of carboxylic acids is 2. The van der Waals surface area contributed by atoms with Gasteiger partial charge in [-0.15, -0.1) is 0 Å². The Hall–Kier alpha value is -2.16. The molecule has 0 aliphatic heterocycles. The van der Waals surface area contributed by atoms with Crippen LogP contribution in [0, 0.1) is 0 Å². The number of carbonyl (C=O) groups is 2. The number of benzene rings is 2. The van der Waals surface area contributed by atoms with Crippen LogP contribution in [0.15, 0.2) is 48.5 Å². The molecule has 0 aromatic heterocycles. The summed E-state index contributed by atoms with van der Waals surface area (Å²) in [6.07, 6.45) is 0. The number of rotatable bonds is 6. The molecular formula is C18H20Cl2O7. The fourth-order valence-corrected chi connectivity index (χ4v) is 1.93. The van der Waals surface area contributed by atoms with Crippen molar-refractivity contribution in [2.75, 3.05) is 26.4 Å². The summed E-state index contributed by atoms with van der Waals surface area (Å²) in [7, 11) is 0. The molecule has 0 fully saturated rings. The third kappa shape index (κ3) is 11.2. The van der Waals surface area contributed by atoms with Gasteiger partial charge in [-0.05, 0) is 24.3 Å². The topological polar surface area (TPSA) is 124 Å². The molecule has 0 spiro atoms. The summed E-state index contributed by atoms with van der Waals surface area (Å²) in [6, 6.07) is 12.7. The van der Waals surface area contributed by atoms with Gasteiger partial charge in [0, 0.05) is 0 Å². The largest absolute Gasteiger partial charge is 0.478 e. The summed E-state index contributed by atoms with van der Waals surface area (Å²) in [4.78, 5) is 20.7. The number of ether oxygens (including phenoxy) is 1. The van der Waals surface area contributed by atoms with Gasteiger partial charge in [0.05, 0.1) is 47.6 Å². The average Bonchev–Trinajstić information content (AvgIpc) is 2.63. The molecule has 7 nitrogen and oxygen atoms in total. The van der Waals surface area contributed by atoms with Gasteiger partial charge in [-0.1, -0.05) is 47.5 Å². The van der Waals surface area contributed by atoms with Crippen molar-refractivity contribution in [2.45, 2.75) is 0 Å². The molecule has 4 N–H and O–H groups in total. The van der Waals surface area contributed by atoms with Crippen LogP contribution < -0.4 is 0 Å². The van der Waals surface area contributed by atoms with Crippen LogP contribution in [0.4, 0.5) is 0 Å². The van der Waals surface area contributed by atoms with E-state index in [1.807, 2.05) is 0 Å². The Bertz CT molecular complexity index is 648. The maximum absolute atomic E-state index is 10.3. The zero-order valence-electron chi connectivity index (χ0n) is 14.2. The molecule has 0 radical (unpaired) electrons. The normalized spacial score (nSPS) is 9.33. The summed E-state index contributed by atoms with van der Waals surface area (Å²) in [5.41, 5.74) is 0.285. The number of halogens is 2. The lowest BCUT2D eigenvalue weighted by molar-refractivity contribution is 0.0650. The van der Waals surface area contributed by atoms with Crippen LogP contribution in [-0.2, 0) is 4.74 Å². The van der Waals surface area contributed by atoms with Crippen molar-refractivity contribution in [1.29, 1.82) is 0 Å². The summed E-state index contributed by atoms with van der Waals surface area (Å²) in [5.74, 6) is -1.99. The minimum absolute atomic E-state index is 0.0278. The molecule has 9 heteroatoms. The van der Waals surface area contributed by atoms with E-state index < -0.39 is 11.9 Å². The number of aliphatic hydroxyl groups excluding tert-OH is 2. The minimum Gasteiger partial charge on any atom is -0.478 e. The standard InChI is InChI=1S/2C7H5ClO2.C4H10O3/c2*8-6-4-2-1-3-5(6)7(9)10;5-1-3-7-4-2-6/h2*1-4H,(H,9,10);5-6H,1-4H2. The number of carboxylic acid groups (broad SMARTS) is 2. The van der Waals surface area contributed by atoms with Crippen molar-refractivity contribution >= 4 is 35.1 Å². The number of aromatic carboxylic acids is 2. The van der Waals surface area contributed by atoms with Gasteiger partial charge in [-0.3, -0.25) is 0 Å². The third-order valence-electron chi connectivity index (χ3n) is 2.68. The van der Waals surface area contributed by atoms with Crippen molar-refractivity contribution in [1.82, 2.24) is 0 Å². The highest BCUT2D eigenvalue weighted by molar-refractivity contribution is 6.33. The first-order valence-corrected chi connectivity index (χ1v) is 8.35. The van der Waals surface area contributed by atoms with Crippen molar-refractivity contribution in [2.24, 2.45) is 0 Å². The highest BCUT2D eigenvalue weighted by Gasteiger charge is 2.05. The van der Waals surface area contributed by atoms with Crippen molar-refractivity contribution in [3.05, 3.63) is 69.7 Å². The van der Waals surface area contributed by atoms with E-state index in [1.54, 1.807) is 36.4 Å². The third-order valence-corrected chi connectivity index (χ3v) is 3.34. The first kappa shape index (κ1) is 24.8. The van der Waals surface area contributed by atoms with Gasteiger partial charge in [-0.2, -0.15) is 0 Å². The molecule has 0 atom stereocenters. The molecule has 0 saturated heterocycles. The molecular weight excluding hydrogens is 399 g/mol. The molecule has 2 aromatic rings. The van der Waals surface area contributed by atoms with Crippen molar-refractivity contribution in [3.63, 3.8) is 0 Å². The Labute approximate surface area is 166 Å². The van der Waals surface area contributed by atoms with E-state index in [9.17, 15) is 9.59 Å². The predicted octanol–water partition coefficient (Wildman–Crippen LogP) is 3.06. The quantitative estimate of drug-likeness (QED) is 0.531. The molecule has 0 aliphatic rings. The fourth-order valence-electron chi connectivity index (χ4n) is 1.50. The average molecular weight is 419 g/mol. The van der Waals surface area contributed by atoms with Crippen LogP contribution in [0.3, 0.4) is 0 Å². The number of hydrogen-bond acceptors (Lipinski definition) is 5. The van der Waals surface area contributed by atoms with E-state index in [2.05, 4.69) is 4.74 Å². The molecule has 0 bridgehead atoms. The SMILES string of the molecule is O=C(O)c1ccccc1Cl.O=C(O)c1ccccc1Cl.OCCOCCO. The maximum atomic E-state index is 10.3. The van der Waals surface area contributed by atoms with Crippen LogP contribution >= 0.6 is 23.2 Å². The lowest BCUT2D eigenvalue weighted by Gasteiger charge is -1.94. The molecule has 2 aromatic carbocycles. The Morgan fingerprint density at radius 3 is 1.30 bits per heavy atom. The van der Waals surface area contributed by atoms with Gasteiger partial charge in [0.25, 0.3) is 0 Å². The van der Waals surface area contributed by atoms with Gasteiger partial charge >= 0.3 is 11.9 Å². The summed E-state index contributed by atoms with van der Waals surface area (Å²) in [5, 5.41) is 33.7. The molecule has 0 aliphatic carbocycles. The first-order valence-electron chi connectivity index (χ1n) is 7.60. The van der Waals surface area contributed by atoms with E-state index in [0.29, 0.717) is 13.2 Å². The Morgan fingerprint density at radius 1 is 0.741 bits per heavy atom. The lowest BCUT2D eigenvalue weighted by atomic mass is 10.2. The van der Waals surface area contributed by atoms with Crippen LogP contribution in [0.1, 0.15) is 20.7 Å². The lowest BCUT2D eigenvalue weighted by Crippen LogP contribution is -2.03. The molecule has 0 unspecified atom stereocenters. The van der Waals surface area contributed by atoms with Gasteiger partial charge in [-0.25, -0.2) is 9.59 Å². The second-order valence-electron chi connectivity index (χ2n) is 4.63. The fraction of sp³-hybridized carbons (Fsp3) is 0.222. The zero-order chi connectivity index (χ0) is 20.7. The van der Waals surface area contributed by atoms with Gasteiger partial charge in [0.1, 0.15) is 0 Å². The second-order valence-corrected chi connectivity index (χ2v) is 5.44. The van der Waals surface area contributed by atoms with Gasteiger partial charge in [0.15, 0.2) is 0 Å². The predicted molar refractivity (Wildman–Crippen MR) is 102 cm³/mol.